The Bertz CT molecular complexity index is 300. The van der Waals surface area contributed by atoms with Gasteiger partial charge in [0.1, 0.15) is 5.75 Å². The Balaban J connectivity index is 3.30. The van der Waals surface area contributed by atoms with Gasteiger partial charge in [0.05, 0.1) is 7.11 Å². The van der Waals surface area contributed by atoms with Gasteiger partial charge in [0.2, 0.25) is 0 Å². The highest BCUT2D eigenvalue weighted by molar-refractivity contribution is 5.44. The van der Waals surface area contributed by atoms with E-state index in [1.54, 1.807) is 7.11 Å². The summed E-state index contributed by atoms with van der Waals surface area (Å²) in [7, 11) is 1.74. The van der Waals surface area contributed by atoms with E-state index in [1.165, 1.54) is 16.7 Å². The molecule has 0 atom stereocenters. The van der Waals surface area contributed by atoms with Crippen molar-refractivity contribution in [2.45, 2.75) is 33.6 Å². The van der Waals surface area contributed by atoms with Gasteiger partial charge in [-0.2, -0.15) is 0 Å². The summed E-state index contributed by atoms with van der Waals surface area (Å²) in [6, 6.07) is 4.31. The molecule has 0 bridgehead atoms. The summed E-state index contributed by atoms with van der Waals surface area (Å²) >= 11 is 0. The molecule has 1 heteroatoms. The van der Waals surface area contributed by atoms with E-state index in [2.05, 4.69) is 39.8 Å². The van der Waals surface area contributed by atoms with E-state index in [4.69, 9.17) is 4.74 Å². The molecule has 1 aromatic carbocycles. The van der Waals surface area contributed by atoms with E-state index >= 15 is 0 Å². The third-order valence-corrected chi connectivity index (χ3v) is 2.29. The molecule has 0 N–H and O–H groups in total. The van der Waals surface area contributed by atoms with Crippen LogP contribution < -0.4 is 4.74 Å². The largest absolute Gasteiger partial charge is 0.496 e. The van der Waals surface area contributed by atoms with Crippen LogP contribution >= 0.6 is 0 Å². The molecule has 0 aliphatic carbocycles. The molecule has 0 amide bonds. The van der Waals surface area contributed by atoms with Crippen molar-refractivity contribution in [2.24, 2.45) is 0 Å². The maximum Gasteiger partial charge on any atom is 0.122 e. The van der Waals surface area contributed by atoms with Gasteiger partial charge in [0, 0.05) is 0 Å². The minimum Gasteiger partial charge on any atom is -0.496 e. The summed E-state index contributed by atoms with van der Waals surface area (Å²) in [5.74, 6) is 1.54. The molecule has 0 heterocycles. The Hall–Kier alpha value is -0.980. The maximum atomic E-state index is 5.37. The Kier molecular flexibility index (Phi) is 2.97. The monoisotopic (exact) mass is 178 g/mol. The van der Waals surface area contributed by atoms with Crippen LogP contribution in [0.1, 0.15) is 36.5 Å². The molecule has 13 heavy (non-hydrogen) atoms. The smallest absolute Gasteiger partial charge is 0.122 e. The van der Waals surface area contributed by atoms with E-state index in [-0.39, 0.29) is 0 Å². The molecule has 0 radical (unpaired) electrons. The molecule has 1 aromatic rings. The summed E-state index contributed by atoms with van der Waals surface area (Å²) in [4.78, 5) is 0. The van der Waals surface area contributed by atoms with Crippen molar-refractivity contribution in [3.05, 3.63) is 28.8 Å². The molecule has 72 valence electrons. The van der Waals surface area contributed by atoms with Crippen LogP contribution in [-0.2, 0) is 0 Å². The van der Waals surface area contributed by atoms with Crippen LogP contribution in [0, 0.1) is 13.8 Å². The van der Waals surface area contributed by atoms with Crippen LogP contribution in [0.3, 0.4) is 0 Å². The van der Waals surface area contributed by atoms with Crippen LogP contribution in [0.2, 0.25) is 0 Å². The number of hydrogen-bond donors (Lipinski definition) is 0. The fourth-order valence-corrected chi connectivity index (χ4v) is 1.85. The third kappa shape index (κ3) is 2.03. The zero-order valence-corrected chi connectivity index (χ0v) is 9.14. The molecule has 0 fully saturated rings. The third-order valence-electron chi connectivity index (χ3n) is 2.29. The molecule has 1 rings (SSSR count). The zero-order valence-electron chi connectivity index (χ0n) is 9.14. The summed E-state index contributed by atoms with van der Waals surface area (Å²) in [6.07, 6.45) is 0. The lowest BCUT2D eigenvalue weighted by Crippen LogP contribution is -1.98. The fraction of sp³-hybridized carbons (Fsp3) is 0.500. The van der Waals surface area contributed by atoms with Gasteiger partial charge in [-0.1, -0.05) is 19.9 Å². The van der Waals surface area contributed by atoms with Gasteiger partial charge < -0.3 is 4.74 Å². The molecule has 0 saturated carbocycles. The Morgan fingerprint density at radius 2 is 1.77 bits per heavy atom. The van der Waals surface area contributed by atoms with Gasteiger partial charge in [-0.3, -0.25) is 0 Å². The van der Waals surface area contributed by atoms with Crippen LogP contribution in [0.4, 0.5) is 0 Å². The molecule has 0 spiro atoms. The number of benzene rings is 1. The first-order valence-corrected chi connectivity index (χ1v) is 4.71. The lowest BCUT2D eigenvalue weighted by molar-refractivity contribution is 0.406. The van der Waals surface area contributed by atoms with Gasteiger partial charge in [-0.15, -0.1) is 0 Å². The molecule has 0 saturated heterocycles. The summed E-state index contributed by atoms with van der Waals surface area (Å²) < 4.78 is 5.37. The van der Waals surface area contributed by atoms with Crippen LogP contribution in [0.15, 0.2) is 12.1 Å². The first-order valence-electron chi connectivity index (χ1n) is 4.71. The number of rotatable bonds is 2. The summed E-state index contributed by atoms with van der Waals surface area (Å²) in [6.45, 7) is 8.63. The average molecular weight is 178 g/mol. The molecule has 0 aromatic heterocycles. The quantitative estimate of drug-likeness (QED) is 0.674. The van der Waals surface area contributed by atoms with Crippen molar-refractivity contribution in [2.75, 3.05) is 7.11 Å². The van der Waals surface area contributed by atoms with Crippen LogP contribution in [-0.4, -0.2) is 7.11 Å². The van der Waals surface area contributed by atoms with E-state index in [9.17, 15) is 0 Å². The SMILES string of the molecule is COc1cc(C)cc(C)c1C(C)C. The van der Waals surface area contributed by atoms with E-state index in [0.29, 0.717) is 5.92 Å². The molecule has 1 nitrogen and oxygen atoms in total. The van der Waals surface area contributed by atoms with Crippen molar-refractivity contribution >= 4 is 0 Å². The van der Waals surface area contributed by atoms with E-state index < -0.39 is 0 Å². The molecule has 0 unspecified atom stereocenters. The highest BCUT2D eigenvalue weighted by Crippen LogP contribution is 2.30. The Morgan fingerprint density at radius 1 is 1.15 bits per heavy atom. The number of ether oxygens (including phenoxy) is 1. The van der Waals surface area contributed by atoms with E-state index in [1.807, 2.05) is 0 Å². The van der Waals surface area contributed by atoms with Gasteiger partial charge in [-0.05, 0) is 42.5 Å². The minimum atomic E-state index is 0.524. The van der Waals surface area contributed by atoms with Gasteiger partial charge in [-0.25, -0.2) is 0 Å². The summed E-state index contributed by atoms with van der Waals surface area (Å²) in [5, 5.41) is 0. The van der Waals surface area contributed by atoms with Crippen LogP contribution in [0.25, 0.3) is 0 Å². The molecular weight excluding hydrogens is 160 g/mol. The minimum absolute atomic E-state index is 0.524. The number of hydrogen-bond acceptors (Lipinski definition) is 1. The second kappa shape index (κ2) is 3.82. The molecule has 0 aliphatic heterocycles. The van der Waals surface area contributed by atoms with Gasteiger partial charge >= 0.3 is 0 Å². The molecule has 0 aliphatic rings. The zero-order chi connectivity index (χ0) is 10.0. The van der Waals surface area contributed by atoms with Crippen molar-refractivity contribution in [3.8, 4) is 5.75 Å². The van der Waals surface area contributed by atoms with Crippen molar-refractivity contribution in [1.29, 1.82) is 0 Å². The van der Waals surface area contributed by atoms with Gasteiger partial charge in [0.25, 0.3) is 0 Å². The lowest BCUT2D eigenvalue weighted by Gasteiger charge is -2.15. The predicted molar refractivity (Wildman–Crippen MR) is 56.6 cm³/mol. The normalized spacial score (nSPS) is 10.6. The highest BCUT2D eigenvalue weighted by atomic mass is 16.5. The Labute approximate surface area is 80.7 Å². The number of methoxy groups -OCH3 is 1. The second-order valence-electron chi connectivity index (χ2n) is 3.85. The van der Waals surface area contributed by atoms with Crippen molar-refractivity contribution in [1.82, 2.24) is 0 Å². The van der Waals surface area contributed by atoms with Crippen molar-refractivity contribution in [3.63, 3.8) is 0 Å². The van der Waals surface area contributed by atoms with Gasteiger partial charge in [0.15, 0.2) is 0 Å². The lowest BCUT2D eigenvalue weighted by atomic mass is 9.95. The molecular formula is C12H18O. The van der Waals surface area contributed by atoms with Crippen molar-refractivity contribution < 1.29 is 4.74 Å². The maximum absolute atomic E-state index is 5.37. The standard InChI is InChI=1S/C12H18O/c1-8(2)12-10(4)6-9(3)7-11(12)13-5/h6-8H,1-5H3. The predicted octanol–water partition coefficient (Wildman–Crippen LogP) is 3.44. The summed E-state index contributed by atoms with van der Waals surface area (Å²) in [5.41, 5.74) is 3.92. The topological polar surface area (TPSA) is 9.23 Å². The fourth-order valence-electron chi connectivity index (χ4n) is 1.85. The first kappa shape index (κ1) is 10.1. The average Bonchev–Trinajstić information content (AvgIpc) is 2.01. The van der Waals surface area contributed by atoms with Crippen LogP contribution in [0.5, 0.6) is 5.75 Å². The highest BCUT2D eigenvalue weighted by Gasteiger charge is 2.10. The Morgan fingerprint density at radius 3 is 2.23 bits per heavy atom. The van der Waals surface area contributed by atoms with E-state index in [0.717, 1.165) is 5.75 Å². The number of aryl methyl sites for hydroxylation is 2. The second-order valence-corrected chi connectivity index (χ2v) is 3.85. The first-order chi connectivity index (χ1) is 6.06.